The van der Waals surface area contributed by atoms with Crippen molar-refractivity contribution in [3.05, 3.63) is 23.8 Å². The molecule has 0 atom stereocenters. The van der Waals surface area contributed by atoms with Crippen molar-refractivity contribution in [2.24, 2.45) is 0 Å². The van der Waals surface area contributed by atoms with Gasteiger partial charge in [-0.2, -0.15) is 10.2 Å². The summed E-state index contributed by atoms with van der Waals surface area (Å²) in [6, 6.07) is 2.05. The molecular weight excluding hydrogens is 320 g/mol. The molecule has 9 heteroatoms. The molecule has 1 amide bonds. The first-order chi connectivity index (χ1) is 12.2. The standard InChI is InChI=1S/C16H20N8O/c1-2-9-7-11(22-21-9)20-16(25)13-12-14(17)18-8-19-15(12)24(23-13)10-5-3-4-6-10/h7-8,10H,2-6H2,1H3,(H2,17,18,19)(H2,20,21,22,25). The highest BCUT2D eigenvalue weighted by atomic mass is 16.2. The van der Waals surface area contributed by atoms with Crippen molar-refractivity contribution in [1.82, 2.24) is 29.9 Å². The molecule has 0 aromatic carbocycles. The lowest BCUT2D eigenvalue weighted by atomic mass is 10.2. The topological polar surface area (TPSA) is 127 Å². The van der Waals surface area contributed by atoms with Gasteiger partial charge in [0.15, 0.2) is 17.2 Å². The van der Waals surface area contributed by atoms with Crippen molar-refractivity contribution in [3.8, 4) is 0 Å². The summed E-state index contributed by atoms with van der Waals surface area (Å²) in [5.74, 6) is 0.355. The van der Waals surface area contributed by atoms with Gasteiger partial charge < -0.3 is 11.1 Å². The lowest BCUT2D eigenvalue weighted by molar-refractivity contribution is 0.102. The van der Waals surface area contributed by atoms with Crippen molar-refractivity contribution in [3.63, 3.8) is 0 Å². The van der Waals surface area contributed by atoms with Crippen LogP contribution in [0, 0.1) is 0 Å². The Bertz CT molecular complexity index is 922. The van der Waals surface area contributed by atoms with Crippen LogP contribution < -0.4 is 11.1 Å². The molecule has 25 heavy (non-hydrogen) atoms. The number of anilines is 2. The highest BCUT2D eigenvalue weighted by Gasteiger charge is 2.26. The minimum atomic E-state index is -0.364. The number of H-pyrrole nitrogens is 1. The zero-order chi connectivity index (χ0) is 17.4. The average molecular weight is 340 g/mol. The number of nitrogens with zero attached hydrogens (tertiary/aromatic N) is 5. The van der Waals surface area contributed by atoms with Crippen LogP contribution in [-0.2, 0) is 6.42 Å². The fourth-order valence-electron chi connectivity index (χ4n) is 3.34. The lowest BCUT2D eigenvalue weighted by Gasteiger charge is -2.09. The summed E-state index contributed by atoms with van der Waals surface area (Å²) in [5, 5.41) is 14.8. The van der Waals surface area contributed by atoms with Crippen LogP contribution in [0.25, 0.3) is 11.0 Å². The van der Waals surface area contributed by atoms with E-state index in [1.807, 2.05) is 11.6 Å². The number of fused-ring (bicyclic) bond motifs is 1. The zero-order valence-corrected chi connectivity index (χ0v) is 14.0. The second-order valence-electron chi connectivity index (χ2n) is 6.28. The quantitative estimate of drug-likeness (QED) is 0.667. The van der Waals surface area contributed by atoms with Crippen LogP contribution in [0.2, 0.25) is 0 Å². The first-order valence-corrected chi connectivity index (χ1v) is 8.51. The van der Waals surface area contributed by atoms with E-state index >= 15 is 0 Å². The highest BCUT2D eigenvalue weighted by molar-refractivity contribution is 6.12. The SMILES string of the molecule is CCc1cc(NC(=O)c2nn(C3CCCC3)c3ncnc(N)c23)n[nH]1. The van der Waals surface area contributed by atoms with Gasteiger partial charge in [-0.15, -0.1) is 0 Å². The van der Waals surface area contributed by atoms with E-state index in [0.29, 0.717) is 16.9 Å². The van der Waals surface area contributed by atoms with Gasteiger partial charge in [-0.25, -0.2) is 14.6 Å². The molecule has 0 radical (unpaired) electrons. The van der Waals surface area contributed by atoms with Gasteiger partial charge in [-0.1, -0.05) is 19.8 Å². The Morgan fingerprint density at radius 3 is 2.92 bits per heavy atom. The Kier molecular flexibility index (Phi) is 3.83. The molecule has 3 aromatic rings. The van der Waals surface area contributed by atoms with Crippen molar-refractivity contribution in [2.45, 2.75) is 45.1 Å². The molecule has 0 aliphatic heterocycles. The molecule has 1 aliphatic carbocycles. The van der Waals surface area contributed by atoms with E-state index < -0.39 is 0 Å². The Labute approximate surface area is 144 Å². The fourth-order valence-corrected chi connectivity index (χ4v) is 3.34. The maximum Gasteiger partial charge on any atom is 0.278 e. The Balaban J connectivity index is 1.74. The molecule has 0 spiro atoms. The first-order valence-electron chi connectivity index (χ1n) is 8.51. The Hall–Kier alpha value is -2.97. The maximum absolute atomic E-state index is 12.8. The third-order valence-electron chi connectivity index (χ3n) is 4.66. The maximum atomic E-state index is 12.8. The summed E-state index contributed by atoms with van der Waals surface area (Å²) in [6.45, 7) is 2.01. The van der Waals surface area contributed by atoms with E-state index in [4.69, 9.17) is 5.73 Å². The molecule has 9 nitrogen and oxygen atoms in total. The van der Waals surface area contributed by atoms with E-state index in [2.05, 4.69) is 30.6 Å². The van der Waals surface area contributed by atoms with Crippen LogP contribution in [0.3, 0.4) is 0 Å². The number of rotatable bonds is 4. The van der Waals surface area contributed by atoms with Crippen LogP contribution in [-0.4, -0.2) is 35.9 Å². The second-order valence-corrected chi connectivity index (χ2v) is 6.28. The summed E-state index contributed by atoms with van der Waals surface area (Å²) < 4.78 is 1.83. The number of aromatic nitrogens is 6. The molecule has 1 fully saturated rings. The van der Waals surface area contributed by atoms with Crippen LogP contribution in [0.1, 0.15) is 54.8 Å². The average Bonchev–Trinajstić information content (AvgIpc) is 3.34. The number of hydrogen-bond donors (Lipinski definition) is 3. The molecule has 3 aromatic heterocycles. The predicted molar refractivity (Wildman–Crippen MR) is 93.2 cm³/mol. The van der Waals surface area contributed by atoms with Gasteiger partial charge in [-0.3, -0.25) is 9.89 Å². The number of aromatic amines is 1. The van der Waals surface area contributed by atoms with Gasteiger partial charge in [-0.05, 0) is 19.3 Å². The molecule has 0 unspecified atom stereocenters. The number of amides is 1. The molecule has 4 rings (SSSR count). The normalized spacial score (nSPS) is 15.1. The highest BCUT2D eigenvalue weighted by Crippen LogP contribution is 2.33. The number of hydrogen-bond acceptors (Lipinski definition) is 6. The van der Waals surface area contributed by atoms with Crippen molar-refractivity contribution in [1.29, 1.82) is 0 Å². The summed E-state index contributed by atoms with van der Waals surface area (Å²) in [4.78, 5) is 21.1. The predicted octanol–water partition coefficient (Wildman–Crippen LogP) is 2.06. The first kappa shape index (κ1) is 15.6. The van der Waals surface area contributed by atoms with E-state index in [0.717, 1.165) is 37.8 Å². The van der Waals surface area contributed by atoms with E-state index in [1.54, 1.807) is 6.07 Å². The number of carbonyl (C=O) groups is 1. The third-order valence-corrected chi connectivity index (χ3v) is 4.66. The van der Waals surface area contributed by atoms with Crippen LogP contribution >= 0.6 is 0 Å². The number of nitrogens with one attached hydrogen (secondary N) is 2. The Morgan fingerprint density at radius 2 is 2.20 bits per heavy atom. The van der Waals surface area contributed by atoms with Crippen LogP contribution in [0.4, 0.5) is 11.6 Å². The van der Waals surface area contributed by atoms with E-state index in [-0.39, 0.29) is 23.5 Å². The van der Waals surface area contributed by atoms with Gasteiger partial charge in [0.25, 0.3) is 5.91 Å². The van der Waals surface area contributed by atoms with Crippen molar-refractivity contribution >= 4 is 28.6 Å². The Morgan fingerprint density at radius 1 is 1.40 bits per heavy atom. The zero-order valence-electron chi connectivity index (χ0n) is 14.0. The van der Waals surface area contributed by atoms with Gasteiger partial charge in [0.1, 0.15) is 12.1 Å². The summed E-state index contributed by atoms with van der Waals surface area (Å²) in [5.41, 5.74) is 7.81. The van der Waals surface area contributed by atoms with Gasteiger partial charge in [0.2, 0.25) is 0 Å². The lowest BCUT2D eigenvalue weighted by Crippen LogP contribution is -2.15. The second kappa shape index (κ2) is 6.15. The van der Waals surface area contributed by atoms with Crippen LogP contribution in [0.5, 0.6) is 0 Å². The van der Waals surface area contributed by atoms with Crippen molar-refractivity contribution < 1.29 is 4.79 Å². The minimum absolute atomic E-state index is 0.237. The smallest absolute Gasteiger partial charge is 0.278 e. The number of nitrogens with two attached hydrogens (primary N) is 1. The number of carbonyl (C=O) groups excluding carboxylic acids is 1. The molecule has 0 bridgehead atoms. The van der Waals surface area contributed by atoms with E-state index in [1.165, 1.54) is 6.33 Å². The molecule has 1 aliphatic rings. The third kappa shape index (κ3) is 2.71. The summed E-state index contributed by atoms with van der Waals surface area (Å²) in [7, 11) is 0. The molecule has 4 N–H and O–H groups in total. The summed E-state index contributed by atoms with van der Waals surface area (Å²) in [6.07, 6.45) is 6.58. The molecule has 0 saturated heterocycles. The molecule has 3 heterocycles. The van der Waals surface area contributed by atoms with Gasteiger partial charge >= 0.3 is 0 Å². The molecular formula is C16H20N8O. The van der Waals surface area contributed by atoms with E-state index in [9.17, 15) is 4.79 Å². The van der Waals surface area contributed by atoms with Crippen LogP contribution in [0.15, 0.2) is 12.4 Å². The molecule has 1 saturated carbocycles. The van der Waals surface area contributed by atoms with Gasteiger partial charge in [0, 0.05) is 11.8 Å². The summed E-state index contributed by atoms with van der Waals surface area (Å²) >= 11 is 0. The molecule has 130 valence electrons. The monoisotopic (exact) mass is 340 g/mol. The number of aryl methyl sites for hydroxylation is 1. The van der Waals surface area contributed by atoms with Gasteiger partial charge in [0.05, 0.1) is 11.4 Å². The van der Waals surface area contributed by atoms with Crippen molar-refractivity contribution in [2.75, 3.05) is 11.1 Å². The number of nitrogen functional groups attached to an aromatic ring is 1. The minimum Gasteiger partial charge on any atom is -0.383 e. The fraction of sp³-hybridized carbons (Fsp3) is 0.438. The largest absolute Gasteiger partial charge is 0.383 e.